The van der Waals surface area contributed by atoms with E-state index in [9.17, 15) is 0 Å². The van der Waals surface area contributed by atoms with Gasteiger partial charge in [0.25, 0.3) is 0 Å². The fourth-order valence-electron chi connectivity index (χ4n) is 2.05. The Morgan fingerprint density at radius 1 is 0.913 bits per heavy atom. The molecule has 1 aromatic carbocycles. The van der Waals surface area contributed by atoms with Crippen molar-refractivity contribution < 1.29 is 0 Å². The summed E-state index contributed by atoms with van der Waals surface area (Å²) in [5, 5.41) is 9.40. The lowest BCUT2D eigenvalue weighted by Crippen LogP contribution is -2.10. The summed E-state index contributed by atoms with van der Waals surface area (Å²) in [6.45, 7) is 3.07. The van der Waals surface area contributed by atoms with Crippen LogP contribution in [-0.4, -0.2) is 28.5 Å². The summed E-state index contributed by atoms with van der Waals surface area (Å²) in [5.41, 5.74) is 0.907. The first-order valence-corrected chi connectivity index (χ1v) is 8.39. The molecule has 0 bridgehead atoms. The highest BCUT2D eigenvalue weighted by molar-refractivity contribution is 7.80. The first kappa shape index (κ1) is 17.3. The van der Waals surface area contributed by atoms with Crippen molar-refractivity contribution in [3.8, 4) is 0 Å². The highest BCUT2D eigenvalue weighted by Crippen LogP contribution is 2.17. The van der Waals surface area contributed by atoms with Crippen LogP contribution in [0.5, 0.6) is 0 Å². The van der Waals surface area contributed by atoms with Gasteiger partial charge in [0.2, 0.25) is 17.8 Å². The predicted molar refractivity (Wildman–Crippen MR) is 99.0 cm³/mol. The minimum atomic E-state index is 0.507. The molecule has 0 fully saturated rings. The third kappa shape index (κ3) is 5.94. The topological polar surface area (TPSA) is 74.8 Å². The SMILES string of the molecule is CCCCCCNc1nc(NC)nc(Nc2ccc(S)cc2)n1. The quantitative estimate of drug-likeness (QED) is 0.412. The Hall–Kier alpha value is -2.02. The molecule has 0 radical (unpaired) electrons. The number of nitrogens with one attached hydrogen (secondary N) is 3. The van der Waals surface area contributed by atoms with Crippen molar-refractivity contribution in [2.75, 3.05) is 29.5 Å². The van der Waals surface area contributed by atoms with Crippen molar-refractivity contribution >= 4 is 36.2 Å². The van der Waals surface area contributed by atoms with E-state index in [4.69, 9.17) is 0 Å². The van der Waals surface area contributed by atoms with Crippen LogP contribution >= 0.6 is 12.6 Å². The molecule has 0 aliphatic rings. The molecule has 0 aliphatic heterocycles. The highest BCUT2D eigenvalue weighted by atomic mass is 32.1. The molecule has 124 valence electrons. The van der Waals surface area contributed by atoms with Gasteiger partial charge in [-0.25, -0.2) is 0 Å². The average molecular weight is 332 g/mol. The largest absolute Gasteiger partial charge is 0.357 e. The molecule has 0 spiro atoms. The first-order chi connectivity index (χ1) is 11.2. The van der Waals surface area contributed by atoms with Gasteiger partial charge in [0.1, 0.15) is 0 Å². The van der Waals surface area contributed by atoms with Crippen molar-refractivity contribution in [1.29, 1.82) is 0 Å². The fraction of sp³-hybridized carbons (Fsp3) is 0.438. The second-order valence-corrected chi connectivity index (χ2v) is 5.73. The number of anilines is 4. The van der Waals surface area contributed by atoms with E-state index in [2.05, 4.69) is 50.5 Å². The second-order valence-electron chi connectivity index (χ2n) is 5.22. The average Bonchev–Trinajstić information content (AvgIpc) is 2.56. The molecule has 1 aromatic heterocycles. The molecule has 7 heteroatoms. The zero-order valence-electron chi connectivity index (χ0n) is 13.6. The minimum absolute atomic E-state index is 0.507. The normalized spacial score (nSPS) is 10.4. The Morgan fingerprint density at radius 3 is 2.30 bits per heavy atom. The standard InChI is InChI=1S/C16H24N6S/c1-3-4-5-6-11-18-15-20-14(17-2)21-16(22-15)19-12-7-9-13(23)10-8-12/h7-10,23H,3-6,11H2,1-2H3,(H3,17,18,19,20,21,22). The Labute approximate surface area is 143 Å². The van der Waals surface area contributed by atoms with E-state index in [-0.39, 0.29) is 0 Å². The molecule has 3 N–H and O–H groups in total. The summed E-state index contributed by atoms with van der Waals surface area (Å²) < 4.78 is 0. The monoisotopic (exact) mass is 332 g/mol. The van der Waals surface area contributed by atoms with Gasteiger partial charge in [0.05, 0.1) is 0 Å². The number of rotatable bonds is 9. The van der Waals surface area contributed by atoms with Crippen molar-refractivity contribution in [3.05, 3.63) is 24.3 Å². The maximum Gasteiger partial charge on any atom is 0.233 e. The predicted octanol–water partition coefficient (Wildman–Crippen LogP) is 3.94. The number of hydrogen-bond acceptors (Lipinski definition) is 7. The van der Waals surface area contributed by atoms with Crippen LogP contribution in [0.1, 0.15) is 32.6 Å². The zero-order valence-corrected chi connectivity index (χ0v) is 14.5. The van der Waals surface area contributed by atoms with Crippen molar-refractivity contribution in [2.24, 2.45) is 0 Å². The molecule has 2 rings (SSSR count). The van der Waals surface area contributed by atoms with Gasteiger partial charge in [-0.05, 0) is 30.7 Å². The molecule has 0 saturated heterocycles. The van der Waals surface area contributed by atoms with Crippen LogP contribution in [0.15, 0.2) is 29.2 Å². The van der Waals surface area contributed by atoms with Crippen LogP contribution in [0.2, 0.25) is 0 Å². The van der Waals surface area contributed by atoms with Gasteiger partial charge in [-0.15, -0.1) is 12.6 Å². The summed E-state index contributed by atoms with van der Waals surface area (Å²) in [5.74, 6) is 1.62. The lowest BCUT2D eigenvalue weighted by molar-refractivity contribution is 0.683. The number of aromatic nitrogens is 3. The number of unbranched alkanes of at least 4 members (excludes halogenated alkanes) is 3. The maximum absolute atomic E-state index is 4.41. The third-order valence-corrected chi connectivity index (χ3v) is 3.59. The molecule has 0 unspecified atom stereocenters. The summed E-state index contributed by atoms with van der Waals surface area (Å²) >= 11 is 4.28. The van der Waals surface area contributed by atoms with Crippen molar-refractivity contribution in [3.63, 3.8) is 0 Å². The Kier molecular flexibility index (Phi) is 6.93. The highest BCUT2D eigenvalue weighted by Gasteiger charge is 2.05. The van der Waals surface area contributed by atoms with Gasteiger partial charge < -0.3 is 16.0 Å². The molecule has 1 heterocycles. The third-order valence-electron chi connectivity index (χ3n) is 3.30. The second kappa shape index (κ2) is 9.19. The molecule has 0 atom stereocenters. The number of nitrogens with zero attached hydrogens (tertiary/aromatic N) is 3. The fourth-order valence-corrected chi connectivity index (χ4v) is 2.20. The van der Waals surface area contributed by atoms with E-state index in [1.165, 1.54) is 19.3 Å². The Balaban J connectivity index is 2.01. The van der Waals surface area contributed by atoms with E-state index >= 15 is 0 Å². The van der Waals surface area contributed by atoms with Gasteiger partial charge in [-0.3, -0.25) is 0 Å². The summed E-state index contributed by atoms with van der Waals surface area (Å²) in [4.78, 5) is 14.0. The van der Waals surface area contributed by atoms with E-state index in [0.717, 1.165) is 23.5 Å². The van der Waals surface area contributed by atoms with Gasteiger partial charge in [0.15, 0.2) is 0 Å². The summed E-state index contributed by atoms with van der Waals surface area (Å²) in [6, 6.07) is 7.70. The lowest BCUT2D eigenvalue weighted by atomic mass is 10.2. The van der Waals surface area contributed by atoms with Crippen LogP contribution in [0, 0.1) is 0 Å². The van der Waals surface area contributed by atoms with Crippen LogP contribution in [0.25, 0.3) is 0 Å². The van der Waals surface area contributed by atoms with Gasteiger partial charge in [0, 0.05) is 24.2 Å². The van der Waals surface area contributed by atoms with Gasteiger partial charge in [-0.1, -0.05) is 26.2 Å². The molecule has 0 amide bonds. The van der Waals surface area contributed by atoms with E-state index in [1.54, 1.807) is 7.05 Å². The molecular weight excluding hydrogens is 308 g/mol. The molecule has 0 saturated carbocycles. The van der Waals surface area contributed by atoms with Gasteiger partial charge in [-0.2, -0.15) is 15.0 Å². The zero-order chi connectivity index (χ0) is 16.5. The van der Waals surface area contributed by atoms with Gasteiger partial charge >= 0.3 is 0 Å². The van der Waals surface area contributed by atoms with Crippen LogP contribution in [0.4, 0.5) is 23.5 Å². The Bertz CT molecular complexity index is 602. The summed E-state index contributed by atoms with van der Waals surface area (Å²) in [6.07, 6.45) is 4.82. The van der Waals surface area contributed by atoms with Crippen LogP contribution in [0.3, 0.4) is 0 Å². The molecule has 6 nitrogen and oxygen atoms in total. The van der Waals surface area contributed by atoms with Crippen LogP contribution < -0.4 is 16.0 Å². The number of thiol groups is 1. The lowest BCUT2D eigenvalue weighted by Gasteiger charge is -2.10. The number of hydrogen-bond donors (Lipinski definition) is 4. The molecule has 23 heavy (non-hydrogen) atoms. The number of benzene rings is 1. The van der Waals surface area contributed by atoms with Crippen LogP contribution in [-0.2, 0) is 0 Å². The van der Waals surface area contributed by atoms with E-state index in [1.807, 2.05) is 24.3 Å². The molecule has 0 aliphatic carbocycles. The minimum Gasteiger partial charge on any atom is -0.357 e. The van der Waals surface area contributed by atoms with Crippen molar-refractivity contribution in [2.45, 2.75) is 37.5 Å². The van der Waals surface area contributed by atoms with Crippen molar-refractivity contribution in [1.82, 2.24) is 15.0 Å². The maximum atomic E-state index is 4.41. The first-order valence-electron chi connectivity index (χ1n) is 7.95. The Morgan fingerprint density at radius 2 is 1.61 bits per heavy atom. The molecular formula is C16H24N6S. The summed E-state index contributed by atoms with van der Waals surface area (Å²) in [7, 11) is 1.79. The molecule has 2 aromatic rings. The smallest absolute Gasteiger partial charge is 0.233 e. The van der Waals surface area contributed by atoms with E-state index in [0.29, 0.717) is 17.8 Å². The van der Waals surface area contributed by atoms with E-state index < -0.39 is 0 Å².